The summed E-state index contributed by atoms with van der Waals surface area (Å²) in [6.45, 7) is -0.362. The molecule has 0 aliphatic rings. The number of methoxy groups -OCH3 is 1. The second-order valence-corrected chi connectivity index (χ2v) is 10.1. The Morgan fingerprint density at radius 3 is 2.26 bits per heavy atom. The standard InChI is InChI=1S/C24H24F2N2O4S2/c1-32-19-10-12-20(13-11-19)34(30,31)28(23-9-5-4-8-22(23)26)16-24(29)27-14-15-33-17-18-6-2-3-7-21(18)25/h2-13H,14-17H2,1H3,(H,27,29). The molecule has 0 saturated heterocycles. The molecule has 0 aliphatic heterocycles. The Morgan fingerprint density at radius 2 is 1.62 bits per heavy atom. The van der Waals surface area contributed by atoms with E-state index in [1.165, 1.54) is 67.4 Å². The van der Waals surface area contributed by atoms with Gasteiger partial charge in [0.1, 0.15) is 23.9 Å². The first kappa shape index (κ1) is 25.5. The molecule has 0 spiro atoms. The van der Waals surface area contributed by atoms with E-state index in [2.05, 4.69) is 5.32 Å². The summed E-state index contributed by atoms with van der Waals surface area (Å²) in [4.78, 5) is 12.5. The van der Waals surface area contributed by atoms with Crippen LogP contribution in [0, 0.1) is 11.6 Å². The molecule has 0 radical (unpaired) electrons. The Hall–Kier alpha value is -3.11. The van der Waals surface area contributed by atoms with Gasteiger partial charge < -0.3 is 10.1 Å². The number of para-hydroxylation sites is 1. The molecule has 0 aromatic heterocycles. The van der Waals surface area contributed by atoms with Crippen molar-refractivity contribution in [3.63, 3.8) is 0 Å². The molecule has 10 heteroatoms. The number of anilines is 1. The normalized spacial score (nSPS) is 11.1. The van der Waals surface area contributed by atoms with E-state index in [-0.39, 0.29) is 22.9 Å². The van der Waals surface area contributed by atoms with Gasteiger partial charge in [-0.25, -0.2) is 17.2 Å². The van der Waals surface area contributed by atoms with Gasteiger partial charge >= 0.3 is 0 Å². The molecule has 1 amide bonds. The quantitative estimate of drug-likeness (QED) is 0.394. The number of halogens is 2. The third kappa shape index (κ3) is 6.48. The second-order valence-electron chi connectivity index (χ2n) is 7.13. The van der Waals surface area contributed by atoms with Crippen molar-refractivity contribution < 1.29 is 26.7 Å². The first-order valence-electron chi connectivity index (χ1n) is 10.3. The van der Waals surface area contributed by atoms with Crippen LogP contribution in [0.2, 0.25) is 0 Å². The van der Waals surface area contributed by atoms with Crippen LogP contribution in [0.1, 0.15) is 5.56 Å². The van der Waals surface area contributed by atoms with Gasteiger partial charge in [-0.2, -0.15) is 11.8 Å². The van der Waals surface area contributed by atoms with Crippen LogP contribution in [0.4, 0.5) is 14.5 Å². The molecule has 3 rings (SSSR count). The van der Waals surface area contributed by atoms with Crippen molar-refractivity contribution in [1.82, 2.24) is 5.32 Å². The fraction of sp³-hybridized carbons (Fsp3) is 0.208. The minimum absolute atomic E-state index is 0.107. The van der Waals surface area contributed by atoms with Crippen LogP contribution in [0.15, 0.2) is 77.7 Å². The average Bonchev–Trinajstić information content (AvgIpc) is 2.84. The molecule has 0 aliphatic carbocycles. The molecular weight excluding hydrogens is 482 g/mol. The minimum Gasteiger partial charge on any atom is -0.497 e. The summed E-state index contributed by atoms with van der Waals surface area (Å²) in [5, 5.41) is 2.64. The molecular formula is C24H24F2N2O4S2. The smallest absolute Gasteiger partial charge is 0.264 e. The highest BCUT2D eigenvalue weighted by atomic mass is 32.2. The predicted molar refractivity (Wildman–Crippen MR) is 129 cm³/mol. The van der Waals surface area contributed by atoms with Gasteiger partial charge in [-0.3, -0.25) is 9.10 Å². The summed E-state index contributed by atoms with van der Waals surface area (Å²) in [6, 6.07) is 17.4. The number of sulfonamides is 1. The van der Waals surface area contributed by atoms with Gasteiger partial charge in [0.2, 0.25) is 5.91 Å². The van der Waals surface area contributed by atoms with Crippen molar-refractivity contribution in [3.05, 3.63) is 90.0 Å². The third-order valence-corrected chi connectivity index (χ3v) is 7.62. The van der Waals surface area contributed by atoms with Crippen molar-refractivity contribution in [1.29, 1.82) is 0 Å². The molecule has 0 fully saturated rings. The first-order chi connectivity index (χ1) is 16.3. The Balaban J connectivity index is 1.67. The zero-order chi connectivity index (χ0) is 24.6. The minimum atomic E-state index is -4.24. The lowest BCUT2D eigenvalue weighted by Gasteiger charge is -2.24. The maximum atomic E-state index is 14.5. The van der Waals surface area contributed by atoms with E-state index in [1.807, 2.05) is 0 Å². The van der Waals surface area contributed by atoms with Crippen molar-refractivity contribution in [2.75, 3.05) is 30.3 Å². The van der Waals surface area contributed by atoms with Crippen LogP contribution in [0.25, 0.3) is 0 Å². The van der Waals surface area contributed by atoms with E-state index < -0.39 is 28.3 Å². The molecule has 180 valence electrons. The number of carbonyl (C=O) groups excluding carboxylic acids is 1. The lowest BCUT2D eigenvalue weighted by Crippen LogP contribution is -2.41. The monoisotopic (exact) mass is 506 g/mol. The Bertz CT molecular complexity index is 1220. The molecule has 3 aromatic rings. The van der Waals surface area contributed by atoms with E-state index in [0.29, 0.717) is 22.8 Å². The second kappa shape index (κ2) is 11.8. The van der Waals surface area contributed by atoms with Crippen LogP contribution >= 0.6 is 11.8 Å². The number of hydrogen-bond acceptors (Lipinski definition) is 5. The number of rotatable bonds is 11. The molecule has 0 atom stereocenters. The lowest BCUT2D eigenvalue weighted by molar-refractivity contribution is -0.119. The molecule has 0 unspecified atom stereocenters. The maximum Gasteiger partial charge on any atom is 0.264 e. The number of amides is 1. The first-order valence-corrected chi connectivity index (χ1v) is 12.9. The van der Waals surface area contributed by atoms with Gasteiger partial charge in [0.25, 0.3) is 10.0 Å². The average molecular weight is 507 g/mol. The van der Waals surface area contributed by atoms with Crippen LogP contribution in [0.5, 0.6) is 5.75 Å². The summed E-state index contributed by atoms with van der Waals surface area (Å²) in [6.07, 6.45) is 0. The van der Waals surface area contributed by atoms with Gasteiger partial charge in [-0.1, -0.05) is 30.3 Å². The third-order valence-electron chi connectivity index (χ3n) is 4.84. The summed E-state index contributed by atoms with van der Waals surface area (Å²) in [7, 11) is -2.79. The number of hydrogen-bond donors (Lipinski definition) is 1. The van der Waals surface area contributed by atoms with Gasteiger partial charge in [-0.05, 0) is 48.0 Å². The summed E-state index contributed by atoms with van der Waals surface area (Å²) in [5.41, 5.74) is 0.331. The lowest BCUT2D eigenvalue weighted by atomic mass is 10.2. The Morgan fingerprint density at radius 1 is 0.971 bits per heavy atom. The highest BCUT2D eigenvalue weighted by molar-refractivity contribution is 7.98. The zero-order valence-electron chi connectivity index (χ0n) is 18.4. The SMILES string of the molecule is COc1ccc(S(=O)(=O)N(CC(=O)NCCSCc2ccccc2F)c2ccccc2F)cc1. The molecule has 0 bridgehead atoms. The predicted octanol–water partition coefficient (Wildman–Crippen LogP) is 4.22. The van der Waals surface area contributed by atoms with Crippen molar-refractivity contribution >= 4 is 33.4 Å². The highest BCUT2D eigenvalue weighted by Gasteiger charge is 2.29. The number of ether oxygens (including phenoxy) is 1. The van der Waals surface area contributed by atoms with E-state index in [0.717, 1.165) is 10.4 Å². The Kier molecular flexibility index (Phi) is 8.89. The maximum absolute atomic E-state index is 14.5. The topological polar surface area (TPSA) is 75.7 Å². The fourth-order valence-electron chi connectivity index (χ4n) is 3.08. The van der Waals surface area contributed by atoms with Gasteiger partial charge in [-0.15, -0.1) is 0 Å². The van der Waals surface area contributed by atoms with E-state index in [1.54, 1.807) is 18.2 Å². The van der Waals surface area contributed by atoms with Crippen LogP contribution in [0.3, 0.4) is 0 Å². The summed E-state index contributed by atoms with van der Waals surface area (Å²) >= 11 is 1.43. The van der Waals surface area contributed by atoms with Crippen molar-refractivity contribution in [3.8, 4) is 5.75 Å². The van der Waals surface area contributed by atoms with Crippen molar-refractivity contribution in [2.45, 2.75) is 10.6 Å². The number of nitrogens with zero attached hydrogens (tertiary/aromatic N) is 1. The van der Waals surface area contributed by atoms with Crippen LogP contribution in [-0.2, 0) is 20.6 Å². The molecule has 34 heavy (non-hydrogen) atoms. The van der Waals surface area contributed by atoms with Gasteiger partial charge in [0.15, 0.2) is 0 Å². The van der Waals surface area contributed by atoms with Crippen LogP contribution < -0.4 is 14.4 Å². The van der Waals surface area contributed by atoms with E-state index in [9.17, 15) is 22.0 Å². The summed E-state index contributed by atoms with van der Waals surface area (Å²) < 4.78 is 60.5. The molecule has 6 nitrogen and oxygen atoms in total. The van der Waals surface area contributed by atoms with Crippen LogP contribution in [-0.4, -0.2) is 40.3 Å². The largest absolute Gasteiger partial charge is 0.497 e. The molecule has 0 saturated carbocycles. The van der Waals surface area contributed by atoms with Crippen molar-refractivity contribution in [2.24, 2.45) is 0 Å². The van der Waals surface area contributed by atoms with E-state index in [4.69, 9.17) is 4.74 Å². The number of benzene rings is 3. The molecule has 3 aromatic carbocycles. The zero-order valence-corrected chi connectivity index (χ0v) is 20.0. The number of thioether (sulfide) groups is 1. The number of carbonyl (C=O) groups is 1. The van der Waals surface area contributed by atoms with E-state index >= 15 is 0 Å². The highest BCUT2D eigenvalue weighted by Crippen LogP contribution is 2.27. The summed E-state index contributed by atoms with van der Waals surface area (Å²) in [5.74, 6) is -0.259. The Labute approximate surface area is 202 Å². The molecule has 1 N–H and O–H groups in total. The number of nitrogens with one attached hydrogen (secondary N) is 1. The van der Waals surface area contributed by atoms with Gasteiger partial charge in [0.05, 0.1) is 17.7 Å². The molecule has 0 heterocycles. The van der Waals surface area contributed by atoms with Gasteiger partial charge in [0, 0.05) is 18.1 Å². The fourth-order valence-corrected chi connectivity index (χ4v) is 5.35.